The number of carbonyl (C=O) groups is 1. The molecule has 1 N–H and O–H groups in total. The summed E-state index contributed by atoms with van der Waals surface area (Å²) in [5.41, 5.74) is 0.470. The number of hydrogen-bond donors (Lipinski definition) is 1. The van der Waals surface area contributed by atoms with Gasteiger partial charge in [0.15, 0.2) is 17.3 Å². The number of carbonyl (C=O) groups excluding carboxylic acids is 1. The second-order valence-corrected chi connectivity index (χ2v) is 3.09. The van der Waals surface area contributed by atoms with Crippen LogP contribution >= 0.6 is 0 Å². The highest BCUT2D eigenvalue weighted by molar-refractivity contribution is 5.98. The molecule has 0 saturated heterocycles. The van der Waals surface area contributed by atoms with Gasteiger partial charge in [-0.05, 0) is 24.7 Å². The van der Waals surface area contributed by atoms with E-state index in [4.69, 9.17) is 13.6 Å². The molecule has 0 unspecified atom stereocenters. The van der Waals surface area contributed by atoms with Gasteiger partial charge in [-0.1, -0.05) is 6.85 Å². The third kappa shape index (κ3) is 2.10. The molecule has 4 nitrogen and oxygen atoms in total. The molecule has 0 aromatic heterocycles. The number of rotatable bonds is 4. The molecule has 4 heteroatoms. The Morgan fingerprint density at radius 1 is 1.53 bits per heavy atom. The van der Waals surface area contributed by atoms with E-state index in [-0.39, 0.29) is 25.7 Å². The topological polar surface area (TPSA) is 47.6 Å². The van der Waals surface area contributed by atoms with Gasteiger partial charge in [-0.15, -0.1) is 0 Å². The van der Waals surface area contributed by atoms with Crippen LogP contribution in [0.2, 0.25) is 0 Å². The number of ether oxygens (including phenoxy) is 2. The third-order valence-corrected chi connectivity index (χ3v) is 2.11. The lowest BCUT2D eigenvalue weighted by Crippen LogP contribution is -2.22. The first-order chi connectivity index (χ1) is 8.46. The fourth-order valence-corrected chi connectivity index (χ4v) is 1.35. The molecule has 1 aromatic carbocycles. The van der Waals surface area contributed by atoms with Crippen molar-refractivity contribution in [1.29, 1.82) is 0 Å². The second kappa shape index (κ2) is 4.31. The monoisotopic (exact) mass is 210 g/mol. The number of likely N-dealkylation sites (N-methyl/N-ethyl adjacent to an activating group) is 1. The summed E-state index contributed by atoms with van der Waals surface area (Å²) in [5.74, 6) is 0.969. The van der Waals surface area contributed by atoms with Crippen molar-refractivity contribution in [3.8, 4) is 11.5 Å². The van der Waals surface area contributed by atoms with Crippen LogP contribution in [0.5, 0.6) is 11.5 Å². The Morgan fingerprint density at radius 2 is 2.40 bits per heavy atom. The smallest absolute Gasteiger partial charge is 0.231 e. The predicted molar refractivity (Wildman–Crippen MR) is 55.4 cm³/mol. The summed E-state index contributed by atoms with van der Waals surface area (Å²) in [7, 11) is 0. The molecule has 0 radical (unpaired) electrons. The van der Waals surface area contributed by atoms with Crippen molar-refractivity contribution in [2.24, 2.45) is 0 Å². The standard InChI is InChI=1S/C11H13NO3/c1-2-12-6-9(13)8-3-4-10-11(5-8)15-7-14-10/h3-5,12H,2,6-7H2,1H3/i1D3. The van der Waals surface area contributed by atoms with Crippen LogP contribution in [-0.2, 0) is 0 Å². The fraction of sp³-hybridized carbons (Fsp3) is 0.364. The summed E-state index contributed by atoms with van der Waals surface area (Å²) in [5, 5.41) is 2.61. The van der Waals surface area contributed by atoms with Crippen molar-refractivity contribution >= 4 is 5.78 Å². The maximum Gasteiger partial charge on any atom is 0.231 e. The molecule has 0 amide bonds. The molecular formula is C11H13NO3. The number of nitrogens with one attached hydrogen (secondary N) is 1. The maximum atomic E-state index is 11.8. The van der Waals surface area contributed by atoms with Crippen LogP contribution < -0.4 is 14.8 Å². The molecule has 2 rings (SSSR count). The molecule has 1 heterocycles. The van der Waals surface area contributed by atoms with Crippen molar-refractivity contribution in [1.82, 2.24) is 5.32 Å². The molecule has 0 aliphatic carbocycles. The van der Waals surface area contributed by atoms with Crippen molar-refractivity contribution in [2.45, 2.75) is 6.85 Å². The lowest BCUT2D eigenvalue weighted by atomic mass is 10.1. The van der Waals surface area contributed by atoms with Crippen molar-refractivity contribution in [2.75, 3.05) is 19.9 Å². The highest BCUT2D eigenvalue weighted by Crippen LogP contribution is 2.32. The fourth-order valence-electron chi connectivity index (χ4n) is 1.35. The summed E-state index contributed by atoms with van der Waals surface area (Å²) in [6.07, 6.45) is 0. The minimum atomic E-state index is -2.07. The highest BCUT2D eigenvalue weighted by atomic mass is 16.7. The SMILES string of the molecule is [2H]C([2H])([2H])CNCC(=O)c1ccc2c(c1)OCO2. The van der Waals surface area contributed by atoms with E-state index >= 15 is 0 Å². The minimum Gasteiger partial charge on any atom is -0.454 e. The normalized spacial score (nSPS) is 16.7. The molecule has 0 spiro atoms. The van der Waals surface area contributed by atoms with Crippen LogP contribution in [0.15, 0.2) is 18.2 Å². The van der Waals surface area contributed by atoms with Gasteiger partial charge in [0, 0.05) is 9.68 Å². The van der Waals surface area contributed by atoms with Crippen LogP contribution in [0, 0.1) is 0 Å². The van der Waals surface area contributed by atoms with Crippen LogP contribution in [0.1, 0.15) is 21.3 Å². The molecule has 0 saturated carbocycles. The number of ketones is 1. The second-order valence-electron chi connectivity index (χ2n) is 3.09. The van der Waals surface area contributed by atoms with E-state index < -0.39 is 6.85 Å². The summed E-state index contributed by atoms with van der Waals surface area (Å²) < 4.78 is 31.3. The predicted octanol–water partition coefficient (Wildman–Crippen LogP) is 1.21. The van der Waals surface area contributed by atoms with E-state index in [0.29, 0.717) is 17.1 Å². The first-order valence-electron chi connectivity index (χ1n) is 6.09. The van der Waals surface area contributed by atoms with Gasteiger partial charge in [0.1, 0.15) is 0 Å². The molecule has 80 valence electrons. The van der Waals surface area contributed by atoms with Crippen LogP contribution in [0.25, 0.3) is 0 Å². The van der Waals surface area contributed by atoms with Gasteiger partial charge >= 0.3 is 0 Å². The quantitative estimate of drug-likeness (QED) is 0.759. The van der Waals surface area contributed by atoms with E-state index in [9.17, 15) is 4.79 Å². The van der Waals surface area contributed by atoms with Crippen molar-refractivity contribution in [3.63, 3.8) is 0 Å². The highest BCUT2D eigenvalue weighted by Gasteiger charge is 2.15. The first kappa shape index (κ1) is 6.85. The average molecular weight is 210 g/mol. The van der Waals surface area contributed by atoms with Gasteiger partial charge in [-0.25, -0.2) is 0 Å². The van der Waals surface area contributed by atoms with Gasteiger partial charge in [-0.2, -0.15) is 0 Å². The lowest BCUT2D eigenvalue weighted by Gasteiger charge is -2.02. The number of hydrogen-bond acceptors (Lipinski definition) is 4. The Bertz CT molecular complexity index is 459. The Labute approximate surface area is 92.4 Å². The zero-order valence-corrected chi connectivity index (χ0v) is 8.08. The number of Topliss-reactive ketones (excluding diaryl/α,β-unsaturated/α-hetero) is 1. The van der Waals surface area contributed by atoms with E-state index in [2.05, 4.69) is 5.32 Å². The summed E-state index contributed by atoms with van der Waals surface area (Å²) >= 11 is 0. The molecule has 1 aliphatic rings. The molecule has 1 aromatic rings. The van der Waals surface area contributed by atoms with Crippen LogP contribution in [-0.4, -0.2) is 25.7 Å². The summed E-state index contributed by atoms with van der Waals surface area (Å²) in [6, 6.07) is 4.90. The van der Waals surface area contributed by atoms with E-state index in [0.717, 1.165) is 0 Å². The molecular weight excluding hydrogens is 194 g/mol. The Balaban J connectivity index is 1.93. The van der Waals surface area contributed by atoms with Gasteiger partial charge in [0.2, 0.25) is 6.79 Å². The maximum absolute atomic E-state index is 11.8. The average Bonchev–Trinajstić information content (AvgIpc) is 2.73. The number of fused-ring (bicyclic) bond motifs is 1. The minimum absolute atomic E-state index is 0.0158. The van der Waals surface area contributed by atoms with Gasteiger partial charge in [0.05, 0.1) is 6.54 Å². The zero-order valence-electron chi connectivity index (χ0n) is 11.1. The van der Waals surface area contributed by atoms with Crippen molar-refractivity contribution in [3.05, 3.63) is 23.8 Å². The largest absolute Gasteiger partial charge is 0.454 e. The van der Waals surface area contributed by atoms with Gasteiger partial charge in [-0.3, -0.25) is 4.79 Å². The zero-order chi connectivity index (χ0) is 13.2. The van der Waals surface area contributed by atoms with E-state index in [1.165, 1.54) is 0 Å². The van der Waals surface area contributed by atoms with Gasteiger partial charge < -0.3 is 14.8 Å². The van der Waals surface area contributed by atoms with Gasteiger partial charge in [0.25, 0.3) is 0 Å². The Morgan fingerprint density at radius 3 is 3.27 bits per heavy atom. The molecule has 15 heavy (non-hydrogen) atoms. The summed E-state index contributed by atoms with van der Waals surface area (Å²) in [4.78, 5) is 11.8. The van der Waals surface area contributed by atoms with Crippen molar-refractivity contribution < 1.29 is 18.4 Å². The van der Waals surface area contributed by atoms with Crippen LogP contribution in [0.3, 0.4) is 0 Å². The molecule has 0 bridgehead atoms. The third-order valence-electron chi connectivity index (χ3n) is 2.11. The molecule has 1 aliphatic heterocycles. The molecule has 0 atom stereocenters. The van der Waals surface area contributed by atoms with Crippen LogP contribution in [0.4, 0.5) is 0 Å². The molecule has 0 fully saturated rings. The Hall–Kier alpha value is -1.55. The van der Waals surface area contributed by atoms with E-state index in [1.54, 1.807) is 18.2 Å². The summed E-state index contributed by atoms with van der Waals surface area (Å²) in [6.45, 7) is -2.12. The number of benzene rings is 1. The van der Waals surface area contributed by atoms with E-state index in [1.807, 2.05) is 0 Å². The first-order valence-corrected chi connectivity index (χ1v) is 4.59. The lowest BCUT2D eigenvalue weighted by molar-refractivity contribution is 0.0991. The Kier molecular flexibility index (Phi) is 1.97.